The number of carbonyl (C=O) groups excluding carboxylic acids is 1. The Morgan fingerprint density at radius 2 is 1.81 bits per heavy atom. The maximum Gasteiger partial charge on any atom is 0.271 e. The maximum absolute atomic E-state index is 13.0. The number of anilines is 2. The van der Waals surface area contributed by atoms with E-state index in [0.29, 0.717) is 31.9 Å². The van der Waals surface area contributed by atoms with Crippen molar-refractivity contribution in [3.05, 3.63) is 64.5 Å². The van der Waals surface area contributed by atoms with Gasteiger partial charge in [0, 0.05) is 49.7 Å². The molecule has 1 amide bonds. The number of non-ortho nitro benzene ring substituents is 1. The van der Waals surface area contributed by atoms with Crippen LogP contribution in [0.5, 0.6) is 0 Å². The summed E-state index contributed by atoms with van der Waals surface area (Å²) in [5.74, 6) is -0.329. The van der Waals surface area contributed by atoms with Gasteiger partial charge in [-0.2, -0.15) is 0 Å². The van der Waals surface area contributed by atoms with Gasteiger partial charge in [0.15, 0.2) is 0 Å². The van der Waals surface area contributed by atoms with E-state index in [1.165, 1.54) is 24.3 Å². The molecule has 0 unspecified atom stereocenters. The van der Waals surface area contributed by atoms with Gasteiger partial charge in [0.25, 0.3) is 5.69 Å². The maximum atomic E-state index is 13.0. The topological polar surface area (TPSA) is 78.7 Å². The summed E-state index contributed by atoms with van der Waals surface area (Å²) in [5, 5.41) is 13.7. The molecule has 1 aliphatic rings. The molecule has 0 radical (unpaired) electrons. The van der Waals surface area contributed by atoms with Crippen LogP contribution in [0.1, 0.15) is 0 Å². The fourth-order valence-corrected chi connectivity index (χ4v) is 2.88. The van der Waals surface area contributed by atoms with Gasteiger partial charge in [-0.25, -0.2) is 4.39 Å². The van der Waals surface area contributed by atoms with Gasteiger partial charge < -0.3 is 15.1 Å². The monoisotopic (exact) mass is 358 g/mol. The summed E-state index contributed by atoms with van der Waals surface area (Å²) in [5.41, 5.74) is 1.46. The number of rotatable bonds is 5. The van der Waals surface area contributed by atoms with Crippen LogP contribution in [-0.2, 0) is 4.79 Å². The van der Waals surface area contributed by atoms with Gasteiger partial charge in [0.2, 0.25) is 5.91 Å². The van der Waals surface area contributed by atoms with Crippen molar-refractivity contribution in [3.8, 4) is 0 Å². The smallest absolute Gasteiger partial charge is 0.271 e. The van der Waals surface area contributed by atoms with E-state index in [1.54, 1.807) is 29.2 Å². The van der Waals surface area contributed by atoms with Crippen molar-refractivity contribution in [2.45, 2.75) is 0 Å². The van der Waals surface area contributed by atoms with E-state index >= 15 is 0 Å². The molecule has 2 aromatic rings. The molecule has 26 heavy (non-hydrogen) atoms. The Kier molecular flexibility index (Phi) is 5.31. The lowest BCUT2D eigenvalue weighted by Gasteiger charge is -2.36. The third-order valence-corrected chi connectivity index (χ3v) is 4.32. The normalized spacial score (nSPS) is 14.2. The number of benzene rings is 2. The molecule has 0 aromatic heterocycles. The van der Waals surface area contributed by atoms with E-state index in [4.69, 9.17) is 0 Å². The molecule has 0 atom stereocenters. The number of hydrogen-bond acceptors (Lipinski definition) is 5. The van der Waals surface area contributed by atoms with Crippen molar-refractivity contribution < 1.29 is 14.1 Å². The first-order valence-corrected chi connectivity index (χ1v) is 8.29. The van der Waals surface area contributed by atoms with Crippen molar-refractivity contribution >= 4 is 23.0 Å². The molecule has 7 nitrogen and oxygen atoms in total. The van der Waals surface area contributed by atoms with Gasteiger partial charge in [0.1, 0.15) is 5.82 Å². The highest BCUT2D eigenvalue weighted by Gasteiger charge is 2.21. The Labute approximate surface area is 150 Å². The van der Waals surface area contributed by atoms with Crippen molar-refractivity contribution in [1.82, 2.24) is 4.90 Å². The van der Waals surface area contributed by atoms with Gasteiger partial charge in [-0.3, -0.25) is 14.9 Å². The Morgan fingerprint density at radius 1 is 1.12 bits per heavy atom. The van der Waals surface area contributed by atoms with Crippen LogP contribution in [0, 0.1) is 15.9 Å². The number of halogens is 1. The van der Waals surface area contributed by atoms with Crippen molar-refractivity contribution in [2.75, 3.05) is 42.9 Å². The zero-order chi connectivity index (χ0) is 18.5. The van der Waals surface area contributed by atoms with Crippen LogP contribution < -0.4 is 10.2 Å². The molecule has 0 spiro atoms. The number of nitrogens with zero attached hydrogens (tertiary/aromatic N) is 3. The summed E-state index contributed by atoms with van der Waals surface area (Å²) in [6, 6.07) is 12.4. The highest BCUT2D eigenvalue weighted by molar-refractivity contribution is 5.81. The number of nitro groups is 1. The van der Waals surface area contributed by atoms with Gasteiger partial charge in [-0.05, 0) is 30.3 Å². The van der Waals surface area contributed by atoms with Crippen molar-refractivity contribution in [2.24, 2.45) is 0 Å². The molecule has 0 bridgehead atoms. The first-order valence-electron chi connectivity index (χ1n) is 8.29. The summed E-state index contributed by atoms with van der Waals surface area (Å²) in [6.07, 6.45) is 0. The number of nitro benzene ring substituents is 1. The second-order valence-electron chi connectivity index (χ2n) is 6.01. The van der Waals surface area contributed by atoms with Crippen LogP contribution in [0.2, 0.25) is 0 Å². The summed E-state index contributed by atoms with van der Waals surface area (Å²) < 4.78 is 13.0. The van der Waals surface area contributed by atoms with Crippen LogP contribution in [0.3, 0.4) is 0 Å². The lowest BCUT2D eigenvalue weighted by molar-refractivity contribution is -0.384. The first kappa shape index (κ1) is 17.7. The molecular formula is C18H19FN4O3. The fourth-order valence-electron chi connectivity index (χ4n) is 2.88. The number of piperazine rings is 1. The molecule has 1 saturated heterocycles. The molecule has 1 aliphatic heterocycles. The van der Waals surface area contributed by atoms with Crippen LogP contribution in [0.25, 0.3) is 0 Å². The Balaban J connectivity index is 1.50. The third-order valence-electron chi connectivity index (χ3n) is 4.32. The largest absolute Gasteiger partial charge is 0.376 e. The standard InChI is InChI=1S/C18H19FN4O3/c19-14-4-6-16(7-5-14)21-8-10-22(11-9-21)18(24)13-20-15-2-1-3-17(12-15)23(25)26/h1-7,12,20H,8-11,13H2. The average molecular weight is 358 g/mol. The van der Waals surface area contributed by atoms with E-state index in [9.17, 15) is 19.3 Å². The number of amides is 1. The Bertz CT molecular complexity index is 789. The molecule has 1 heterocycles. The van der Waals surface area contributed by atoms with Gasteiger partial charge in [-0.1, -0.05) is 6.07 Å². The van der Waals surface area contributed by atoms with Crippen LogP contribution in [0.15, 0.2) is 48.5 Å². The molecule has 0 saturated carbocycles. The molecule has 3 rings (SSSR count). The molecule has 2 aromatic carbocycles. The summed E-state index contributed by atoms with van der Waals surface area (Å²) >= 11 is 0. The highest BCUT2D eigenvalue weighted by Crippen LogP contribution is 2.18. The lowest BCUT2D eigenvalue weighted by Crippen LogP contribution is -2.50. The van der Waals surface area contributed by atoms with Crippen LogP contribution in [0.4, 0.5) is 21.5 Å². The molecule has 8 heteroatoms. The average Bonchev–Trinajstić information content (AvgIpc) is 2.67. The minimum absolute atomic E-state index is 0.0182. The van der Waals surface area contributed by atoms with E-state index in [-0.39, 0.29) is 24.0 Å². The molecule has 1 N–H and O–H groups in total. The van der Waals surface area contributed by atoms with E-state index < -0.39 is 4.92 Å². The first-order chi connectivity index (χ1) is 12.5. The second-order valence-corrected chi connectivity index (χ2v) is 6.01. The fraction of sp³-hybridized carbons (Fsp3) is 0.278. The second kappa shape index (κ2) is 7.81. The summed E-state index contributed by atoms with van der Waals surface area (Å²) in [7, 11) is 0. The Morgan fingerprint density at radius 3 is 2.46 bits per heavy atom. The van der Waals surface area contributed by atoms with Crippen molar-refractivity contribution in [1.29, 1.82) is 0 Å². The minimum atomic E-state index is -0.471. The minimum Gasteiger partial charge on any atom is -0.376 e. The van der Waals surface area contributed by atoms with E-state index in [2.05, 4.69) is 10.2 Å². The predicted octanol–water partition coefficient (Wildman–Crippen LogP) is 2.49. The highest BCUT2D eigenvalue weighted by atomic mass is 19.1. The van der Waals surface area contributed by atoms with E-state index in [0.717, 1.165) is 5.69 Å². The number of hydrogen-bond donors (Lipinski definition) is 1. The van der Waals surface area contributed by atoms with Crippen LogP contribution >= 0.6 is 0 Å². The van der Waals surface area contributed by atoms with Crippen LogP contribution in [-0.4, -0.2) is 48.5 Å². The number of carbonyl (C=O) groups is 1. The number of nitrogens with one attached hydrogen (secondary N) is 1. The summed E-state index contributed by atoms with van der Waals surface area (Å²) in [6.45, 7) is 2.58. The molecule has 1 fully saturated rings. The van der Waals surface area contributed by atoms with Gasteiger partial charge in [-0.15, -0.1) is 0 Å². The van der Waals surface area contributed by atoms with Gasteiger partial charge in [0.05, 0.1) is 11.5 Å². The summed E-state index contributed by atoms with van der Waals surface area (Å²) in [4.78, 5) is 26.5. The zero-order valence-corrected chi connectivity index (χ0v) is 14.1. The molecule has 0 aliphatic carbocycles. The molecule has 136 valence electrons. The van der Waals surface area contributed by atoms with E-state index in [1.807, 2.05) is 0 Å². The quantitative estimate of drug-likeness (QED) is 0.656. The van der Waals surface area contributed by atoms with Crippen molar-refractivity contribution in [3.63, 3.8) is 0 Å². The van der Waals surface area contributed by atoms with Gasteiger partial charge >= 0.3 is 0 Å². The molecular weight excluding hydrogens is 339 g/mol. The Hall–Kier alpha value is -3.16. The zero-order valence-electron chi connectivity index (χ0n) is 14.1. The predicted molar refractivity (Wildman–Crippen MR) is 96.8 cm³/mol. The third kappa shape index (κ3) is 4.27. The lowest BCUT2D eigenvalue weighted by atomic mass is 10.2. The SMILES string of the molecule is O=C(CNc1cccc([N+](=O)[O-])c1)N1CCN(c2ccc(F)cc2)CC1.